The zero-order chi connectivity index (χ0) is 14.6. The fraction of sp³-hybridized carbons (Fsp3) is 0.500. The lowest BCUT2D eigenvalue weighted by Gasteiger charge is -2.29. The van der Waals surface area contributed by atoms with Crippen LogP contribution in [0.5, 0.6) is 0 Å². The topological polar surface area (TPSA) is 63.5 Å². The molecule has 1 aromatic rings. The quantitative estimate of drug-likeness (QED) is 0.448. The molecule has 104 valence electrons. The number of hydrogen-bond acceptors (Lipinski definition) is 4. The van der Waals surface area contributed by atoms with Gasteiger partial charge in [0.25, 0.3) is 5.69 Å². The summed E-state index contributed by atoms with van der Waals surface area (Å²) in [5.41, 5.74) is 0.828. The van der Waals surface area contributed by atoms with E-state index in [1.165, 1.54) is 13.0 Å². The lowest BCUT2D eigenvalue weighted by molar-refractivity contribution is -0.385. The van der Waals surface area contributed by atoms with Gasteiger partial charge in [-0.25, -0.2) is 0 Å². The van der Waals surface area contributed by atoms with Crippen molar-refractivity contribution in [3.63, 3.8) is 0 Å². The first-order chi connectivity index (χ1) is 8.92. The number of hydrogen-bond donors (Lipinski definition) is 0. The van der Waals surface area contributed by atoms with Gasteiger partial charge in [-0.3, -0.25) is 14.9 Å². The van der Waals surface area contributed by atoms with Crippen molar-refractivity contribution in [2.24, 2.45) is 0 Å². The Morgan fingerprint density at radius 1 is 1.42 bits per heavy atom. The van der Waals surface area contributed by atoms with Crippen LogP contribution in [-0.4, -0.2) is 23.3 Å². The van der Waals surface area contributed by atoms with Crippen molar-refractivity contribution in [1.29, 1.82) is 0 Å². The van der Waals surface area contributed by atoms with Crippen molar-refractivity contribution in [1.82, 2.24) is 0 Å². The molecule has 0 radical (unpaired) electrons. The van der Waals surface area contributed by atoms with Crippen LogP contribution in [0.2, 0.25) is 0 Å². The van der Waals surface area contributed by atoms with Crippen molar-refractivity contribution in [2.75, 3.05) is 11.4 Å². The highest BCUT2D eigenvalue weighted by molar-refractivity contribution is 5.98. The molecule has 1 aromatic carbocycles. The van der Waals surface area contributed by atoms with Crippen LogP contribution in [-0.2, 0) is 0 Å². The van der Waals surface area contributed by atoms with Gasteiger partial charge < -0.3 is 4.90 Å². The standard InChI is InChI=1S/C14H20N2O3/c1-5-10(3)15(6-2)12-7-8-13(11(4)17)14(9-12)16(18)19/h7-10H,5-6H2,1-4H3. The third-order valence-corrected chi connectivity index (χ3v) is 3.35. The van der Waals surface area contributed by atoms with Crippen LogP contribution in [0.15, 0.2) is 18.2 Å². The minimum Gasteiger partial charge on any atom is -0.369 e. The van der Waals surface area contributed by atoms with Crippen molar-refractivity contribution in [3.8, 4) is 0 Å². The van der Waals surface area contributed by atoms with Crippen molar-refractivity contribution in [2.45, 2.75) is 40.2 Å². The summed E-state index contributed by atoms with van der Waals surface area (Å²) in [6.07, 6.45) is 0.954. The highest BCUT2D eigenvalue weighted by Crippen LogP contribution is 2.27. The summed E-state index contributed by atoms with van der Waals surface area (Å²) in [7, 11) is 0. The number of carbonyl (C=O) groups is 1. The number of Topliss-reactive ketones (excluding diaryl/α,β-unsaturated/α-hetero) is 1. The molecular weight excluding hydrogens is 244 g/mol. The second kappa shape index (κ2) is 6.31. The third-order valence-electron chi connectivity index (χ3n) is 3.35. The first-order valence-corrected chi connectivity index (χ1v) is 6.48. The maximum absolute atomic E-state index is 11.4. The maximum Gasteiger partial charge on any atom is 0.282 e. The van der Waals surface area contributed by atoms with Crippen molar-refractivity contribution >= 4 is 17.2 Å². The Morgan fingerprint density at radius 3 is 2.47 bits per heavy atom. The Bertz CT molecular complexity index is 486. The molecule has 0 heterocycles. The van der Waals surface area contributed by atoms with Crippen LogP contribution in [0.25, 0.3) is 0 Å². The monoisotopic (exact) mass is 264 g/mol. The zero-order valence-electron chi connectivity index (χ0n) is 11.8. The van der Waals surface area contributed by atoms with E-state index in [-0.39, 0.29) is 17.0 Å². The summed E-state index contributed by atoms with van der Waals surface area (Å²) in [4.78, 5) is 24.1. The SMILES string of the molecule is CCC(C)N(CC)c1ccc(C(C)=O)c([N+](=O)[O-])c1. The van der Waals surface area contributed by atoms with Gasteiger partial charge in [0.05, 0.1) is 10.5 Å². The average molecular weight is 264 g/mol. The van der Waals surface area contributed by atoms with Crippen LogP contribution < -0.4 is 4.90 Å². The van der Waals surface area contributed by atoms with Gasteiger partial charge in [0, 0.05) is 24.3 Å². The van der Waals surface area contributed by atoms with Crippen LogP contribution >= 0.6 is 0 Å². The summed E-state index contributed by atoms with van der Waals surface area (Å²) >= 11 is 0. The number of ketones is 1. The molecule has 0 saturated carbocycles. The molecule has 1 rings (SSSR count). The van der Waals surface area contributed by atoms with Crippen LogP contribution in [0.1, 0.15) is 44.5 Å². The molecule has 0 saturated heterocycles. The number of nitrogens with zero attached hydrogens (tertiary/aromatic N) is 2. The molecule has 0 N–H and O–H groups in total. The molecule has 0 bridgehead atoms. The number of rotatable bonds is 6. The first kappa shape index (κ1) is 15.1. The van der Waals surface area contributed by atoms with Crippen molar-refractivity contribution in [3.05, 3.63) is 33.9 Å². The molecule has 0 amide bonds. The van der Waals surface area contributed by atoms with Gasteiger partial charge in [0.2, 0.25) is 0 Å². The Kier molecular flexibility index (Phi) is 5.03. The maximum atomic E-state index is 11.4. The Balaban J connectivity index is 3.28. The normalized spacial score (nSPS) is 12.0. The summed E-state index contributed by atoms with van der Waals surface area (Å²) in [6, 6.07) is 5.11. The Labute approximate surface area is 113 Å². The lowest BCUT2D eigenvalue weighted by Crippen LogP contribution is -2.32. The number of nitro benzene ring substituents is 1. The molecule has 0 aromatic heterocycles. The van der Waals surface area contributed by atoms with E-state index in [2.05, 4.69) is 18.7 Å². The molecule has 0 aliphatic rings. The van der Waals surface area contributed by atoms with Gasteiger partial charge in [0.15, 0.2) is 5.78 Å². The largest absolute Gasteiger partial charge is 0.369 e. The second-order valence-electron chi connectivity index (χ2n) is 4.56. The van der Waals surface area contributed by atoms with Gasteiger partial charge in [0.1, 0.15) is 0 Å². The fourth-order valence-electron chi connectivity index (χ4n) is 2.12. The van der Waals surface area contributed by atoms with E-state index in [1.54, 1.807) is 12.1 Å². The van der Waals surface area contributed by atoms with E-state index < -0.39 is 4.92 Å². The fourth-order valence-corrected chi connectivity index (χ4v) is 2.12. The molecular formula is C14H20N2O3. The molecule has 5 heteroatoms. The summed E-state index contributed by atoms with van der Waals surface area (Å²) in [6.45, 7) is 8.27. The van der Waals surface area contributed by atoms with E-state index in [0.717, 1.165) is 18.7 Å². The zero-order valence-corrected chi connectivity index (χ0v) is 11.8. The van der Waals surface area contributed by atoms with Gasteiger partial charge in [-0.05, 0) is 39.3 Å². The van der Waals surface area contributed by atoms with Gasteiger partial charge in [-0.2, -0.15) is 0 Å². The van der Waals surface area contributed by atoms with E-state index >= 15 is 0 Å². The molecule has 1 atom stereocenters. The number of anilines is 1. The lowest BCUT2D eigenvalue weighted by atomic mass is 10.1. The minimum absolute atomic E-state index is 0.119. The first-order valence-electron chi connectivity index (χ1n) is 6.48. The minimum atomic E-state index is -0.495. The smallest absolute Gasteiger partial charge is 0.282 e. The van der Waals surface area contributed by atoms with Crippen LogP contribution in [0.4, 0.5) is 11.4 Å². The highest BCUT2D eigenvalue weighted by Gasteiger charge is 2.20. The average Bonchev–Trinajstić information content (AvgIpc) is 2.38. The van der Waals surface area contributed by atoms with E-state index in [4.69, 9.17) is 0 Å². The number of carbonyl (C=O) groups excluding carboxylic acids is 1. The molecule has 1 unspecified atom stereocenters. The van der Waals surface area contributed by atoms with Crippen molar-refractivity contribution < 1.29 is 9.72 Å². The summed E-state index contributed by atoms with van der Waals surface area (Å²) in [5.74, 6) is -0.287. The van der Waals surface area contributed by atoms with E-state index in [1.807, 2.05) is 6.92 Å². The molecule has 0 aliphatic carbocycles. The molecule has 0 spiro atoms. The third kappa shape index (κ3) is 3.30. The van der Waals surface area contributed by atoms with Crippen LogP contribution in [0.3, 0.4) is 0 Å². The summed E-state index contributed by atoms with van der Waals surface area (Å²) < 4.78 is 0. The second-order valence-corrected chi connectivity index (χ2v) is 4.56. The molecule has 5 nitrogen and oxygen atoms in total. The Hall–Kier alpha value is -1.91. The van der Waals surface area contributed by atoms with Gasteiger partial charge >= 0.3 is 0 Å². The summed E-state index contributed by atoms with van der Waals surface area (Å²) in [5, 5.41) is 11.1. The molecule has 0 aliphatic heterocycles. The van der Waals surface area contributed by atoms with E-state index in [9.17, 15) is 14.9 Å². The highest BCUT2D eigenvalue weighted by atomic mass is 16.6. The molecule has 19 heavy (non-hydrogen) atoms. The van der Waals surface area contributed by atoms with Gasteiger partial charge in [-0.15, -0.1) is 0 Å². The van der Waals surface area contributed by atoms with Gasteiger partial charge in [-0.1, -0.05) is 6.92 Å². The van der Waals surface area contributed by atoms with E-state index in [0.29, 0.717) is 6.04 Å². The number of benzene rings is 1. The predicted octanol–water partition coefficient (Wildman–Crippen LogP) is 3.42. The number of nitro groups is 1. The van der Waals surface area contributed by atoms with Crippen LogP contribution in [0, 0.1) is 10.1 Å². The predicted molar refractivity (Wildman–Crippen MR) is 75.9 cm³/mol. The molecule has 0 fully saturated rings. The Morgan fingerprint density at radius 2 is 2.05 bits per heavy atom.